The Morgan fingerprint density at radius 3 is 2.45 bits per heavy atom. The van der Waals surface area contributed by atoms with Gasteiger partial charge in [0.25, 0.3) is 5.69 Å². The SMILES string of the molecule is O=[N+]([O-])c1ccc(Nc2nc(Cl)nc(N3CCCC3)n2)cc1. The van der Waals surface area contributed by atoms with E-state index in [0.29, 0.717) is 17.6 Å². The minimum atomic E-state index is -0.449. The molecule has 1 aliphatic rings. The first-order valence-electron chi connectivity index (χ1n) is 6.80. The zero-order valence-corrected chi connectivity index (χ0v) is 12.3. The Morgan fingerprint density at radius 2 is 1.82 bits per heavy atom. The molecule has 1 aromatic carbocycles. The number of nitro groups is 1. The monoisotopic (exact) mass is 320 g/mol. The number of hydrogen-bond donors (Lipinski definition) is 1. The minimum absolute atomic E-state index is 0.0250. The van der Waals surface area contributed by atoms with Crippen LogP contribution in [0.1, 0.15) is 12.8 Å². The standard InChI is InChI=1S/C13H13ClN6O2/c14-11-16-12(18-13(17-11)19-7-1-2-8-19)15-9-3-5-10(6-4-9)20(21)22/h3-6H,1-2,7-8H2,(H,15,16,17,18). The van der Waals surface area contributed by atoms with Crippen LogP contribution in [0.3, 0.4) is 0 Å². The second-order valence-electron chi connectivity index (χ2n) is 4.85. The fraction of sp³-hybridized carbons (Fsp3) is 0.308. The predicted octanol–water partition coefficient (Wildman–Crippen LogP) is 2.78. The van der Waals surface area contributed by atoms with Crippen LogP contribution >= 0.6 is 11.6 Å². The first-order chi connectivity index (χ1) is 10.6. The average Bonchev–Trinajstić information content (AvgIpc) is 3.01. The largest absolute Gasteiger partial charge is 0.341 e. The number of non-ortho nitro benzene ring substituents is 1. The van der Waals surface area contributed by atoms with E-state index in [2.05, 4.69) is 25.2 Å². The molecule has 3 rings (SSSR count). The van der Waals surface area contributed by atoms with Crippen LogP contribution in [-0.4, -0.2) is 33.0 Å². The summed E-state index contributed by atoms with van der Waals surface area (Å²) < 4.78 is 0. The Labute approximate surface area is 131 Å². The summed E-state index contributed by atoms with van der Waals surface area (Å²) in [6.07, 6.45) is 2.21. The highest BCUT2D eigenvalue weighted by atomic mass is 35.5. The van der Waals surface area contributed by atoms with Gasteiger partial charge in [0.15, 0.2) is 0 Å². The molecule has 8 nitrogen and oxygen atoms in total. The van der Waals surface area contributed by atoms with Crippen LogP contribution in [0.25, 0.3) is 0 Å². The summed E-state index contributed by atoms with van der Waals surface area (Å²) in [5, 5.41) is 13.7. The fourth-order valence-corrected chi connectivity index (χ4v) is 2.41. The summed E-state index contributed by atoms with van der Waals surface area (Å²) in [5.74, 6) is 0.859. The van der Waals surface area contributed by atoms with E-state index in [1.807, 2.05) is 0 Å². The van der Waals surface area contributed by atoms with Crippen LogP contribution in [0, 0.1) is 10.1 Å². The lowest BCUT2D eigenvalue weighted by Gasteiger charge is -2.15. The van der Waals surface area contributed by atoms with E-state index in [0.717, 1.165) is 25.9 Å². The topological polar surface area (TPSA) is 97.1 Å². The number of aromatic nitrogens is 3. The van der Waals surface area contributed by atoms with E-state index < -0.39 is 4.92 Å². The Balaban J connectivity index is 1.80. The summed E-state index contributed by atoms with van der Waals surface area (Å²) in [6, 6.07) is 6.00. The Bertz CT molecular complexity index is 687. The van der Waals surface area contributed by atoms with Crippen molar-refractivity contribution in [3.63, 3.8) is 0 Å². The lowest BCUT2D eigenvalue weighted by Crippen LogP contribution is -2.21. The summed E-state index contributed by atoms with van der Waals surface area (Å²) in [7, 11) is 0. The number of benzene rings is 1. The van der Waals surface area contributed by atoms with Gasteiger partial charge in [0.2, 0.25) is 17.2 Å². The average molecular weight is 321 g/mol. The molecular formula is C13H13ClN6O2. The van der Waals surface area contributed by atoms with Crippen molar-refractivity contribution in [2.75, 3.05) is 23.3 Å². The van der Waals surface area contributed by atoms with Crippen molar-refractivity contribution in [1.29, 1.82) is 0 Å². The molecule has 0 aliphatic carbocycles. The molecule has 1 aromatic heterocycles. The third kappa shape index (κ3) is 3.22. The molecule has 1 fully saturated rings. The van der Waals surface area contributed by atoms with Gasteiger partial charge in [-0.1, -0.05) is 0 Å². The van der Waals surface area contributed by atoms with Gasteiger partial charge in [0.1, 0.15) is 0 Å². The minimum Gasteiger partial charge on any atom is -0.341 e. The van der Waals surface area contributed by atoms with Crippen LogP contribution in [0.15, 0.2) is 24.3 Å². The quantitative estimate of drug-likeness (QED) is 0.683. The van der Waals surface area contributed by atoms with Gasteiger partial charge < -0.3 is 10.2 Å². The van der Waals surface area contributed by atoms with Crippen molar-refractivity contribution in [2.45, 2.75) is 12.8 Å². The molecular weight excluding hydrogens is 308 g/mol. The second-order valence-corrected chi connectivity index (χ2v) is 5.19. The van der Waals surface area contributed by atoms with Gasteiger partial charge in [-0.25, -0.2) is 0 Å². The summed E-state index contributed by atoms with van der Waals surface area (Å²) in [6.45, 7) is 1.80. The molecule has 114 valence electrons. The van der Waals surface area contributed by atoms with Crippen molar-refractivity contribution in [3.05, 3.63) is 39.7 Å². The molecule has 1 N–H and O–H groups in total. The van der Waals surface area contributed by atoms with Gasteiger partial charge in [-0.2, -0.15) is 15.0 Å². The first kappa shape index (κ1) is 14.5. The second kappa shape index (κ2) is 6.10. The smallest absolute Gasteiger partial charge is 0.269 e. The van der Waals surface area contributed by atoms with Crippen LogP contribution < -0.4 is 10.2 Å². The molecule has 0 atom stereocenters. The molecule has 0 amide bonds. The van der Waals surface area contributed by atoms with Crippen molar-refractivity contribution in [3.8, 4) is 0 Å². The number of nitro benzene ring substituents is 1. The summed E-state index contributed by atoms with van der Waals surface area (Å²) >= 11 is 5.94. The zero-order valence-electron chi connectivity index (χ0n) is 11.6. The van der Waals surface area contributed by atoms with Crippen LogP contribution in [-0.2, 0) is 0 Å². The summed E-state index contributed by atoms with van der Waals surface area (Å²) in [4.78, 5) is 24.7. The number of rotatable bonds is 4. The normalized spacial score (nSPS) is 14.1. The highest BCUT2D eigenvalue weighted by Crippen LogP contribution is 2.22. The Hall–Kier alpha value is -2.48. The Morgan fingerprint density at radius 1 is 1.14 bits per heavy atom. The zero-order chi connectivity index (χ0) is 15.5. The number of nitrogens with zero attached hydrogens (tertiary/aromatic N) is 5. The van der Waals surface area contributed by atoms with Crippen molar-refractivity contribution in [1.82, 2.24) is 15.0 Å². The van der Waals surface area contributed by atoms with E-state index in [9.17, 15) is 10.1 Å². The van der Waals surface area contributed by atoms with Crippen LogP contribution in [0.4, 0.5) is 23.3 Å². The van der Waals surface area contributed by atoms with Crippen LogP contribution in [0.2, 0.25) is 5.28 Å². The fourth-order valence-electron chi connectivity index (χ4n) is 2.25. The molecule has 0 radical (unpaired) electrons. The Kier molecular flexibility index (Phi) is 4.01. The lowest BCUT2D eigenvalue weighted by molar-refractivity contribution is -0.384. The van der Waals surface area contributed by atoms with Gasteiger partial charge in [-0.3, -0.25) is 10.1 Å². The van der Waals surface area contributed by atoms with E-state index in [-0.39, 0.29) is 11.0 Å². The molecule has 0 unspecified atom stereocenters. The highest BCUT2D eigenvalue weighted by Gasteiger charge is 2.17. The van der Waals surface area contributed by atoms with E-state index in [1.54, 1.807) is 12.1 Å². The van der Waals surface area contributed by atoms with Gasteiger partial charge in [0, 0.05) is 30.9 Å². The maximum atomic E-state index is 10.6. The summed E-state index contributed by atoms with van der Waals surface area (Å²) in [5.41, 5.74) is 0.664. The molecule has 1 aliphatic heterocycles. The molecule has 2 aromatic rings. The van der Waals surface area contributed by atoms with E-state index in [4.69, 9.17) is 11.6 Å². The third-order valence-electron chi connectivity index (χ3n) is 3.32. The van der Waals surface area contributed by atoms with Crippen LogP contribution in [0.5, 0.6) is 0 Å². The number of hydrogen-bond acceptors (Lipinski definition) is 7. The molecule has 0 bridgehead atoms. The number of halogens is 1. The molecule has 1 saturated heterocycles. The van der Waals surface area contributed by atoms with Gasteiger partial charge >= 0.3 is 0 Å². The third-order valence-corrected chi connectivity index (χ3v) is 3.49. The van der Waals surface area contributed by atoms with Crippen molar-refractivity contribution >= 4 is 34.9 Å². The maximum Gasteiger partial charge on any atom is 0.269 e. The number of anilines is 3. The maximum absolute atomic E-state index is 10.6. The molecule has 9 heteroatoms. The van der Waals surface area contributed by atoms with Gasteiger partial charge in [-0.15, -0.1) is 0 Å². The number of nitrogens with one attached hydrogen (secondary N) is 1. The predicted molar refractivity (Wildman–Crippen MR) is 82.7 cm³/mol. The molecule has 0 spiro atoms. The van der Waals surface area contributed by atoms with E-state index in [1.165, 1.54) is 12.1 Å². The van der Waals surface area contributed by atoms with Gasteiger partial charge in [-0.05, 0) is 36.6 Å². The van der Waals surface area contributed by atoms with Gasteiger partial charge in [0.05, 0.1) is 4.92 Å². The molecule has 22 heavy (non-hydrogen) atoms. The molecule has 2 heterocycles. The van der Waals surface area contributed by atoms with Crippen molar-refractivity contribution < 1.29 is 4.92 Å². The molecule has 0 saturated carbocycles. The lowest BCUT2D eigenvalue weighted by atomic mass is 10.3. The first-order valence-corrected chi connectivity index (χ1v) is 7.17. The van der Waals surface area contributed by atoms with Crippen molar-refractivity contribution in [2.24, 2.45) is 0 Å². The van der Waals surface area contributed by atoms with E-state index >= 15 is 0 Å². The highest BCUT2D eigenvalue weighted by molar-refractivity contribution is 6.28.